The standard InChI is InChI=1S/C36H25N3S/c37-21-22-13-15-23(16-14-22)33-34(38-35-30-11-5-6-12-32(30)40-36(35)39-33)29-18-17-26-19-24-7-1-2-8-25(24)20-31(26)28-10-4-3-9-27(28)29/h1-4,6-10,12-16,19-20,29H,5,11,17-18H2/t29-/m1/s1. The molecule has 0 radical (unpaired) electrons. The lowest BCUT2D eigenvalue weighted by Crippen LogP contribution is -2.09. The van der Waals surface area contributed by atoms with Gasteiger partial charge in [0.1, 0.15) is 10.3 Å². The number of hydrogen-bond acceptors (Lipinski definition) is 4. The highest BCUT2D eigenvalue weighted by Crippen LogP contribution is 2.45. The molecule has 8 rings (SSSR count). The van der Waals surface area contributed by atoms with Crippen molar-refractivity contribution in [3.63, 3.8) is 0 Å². The van der Waals surface area contributed by atoms with Crippen molar-refractivity contribution in [3.8, 4) is 28.5 Å². The number of allylic oxidation sites excluding steroid dienone is 1. The number of aryl methyl sites for hydroxylation is 2. The van der Waals surface area contributed by atoms with Crippen LogP contribution < -0.4 is 0 Å². The van der Waals surface area contributed by atoms with Crippen LogP contribution in [-0.2, 0) is 12.8 Å². The van der Waals surface area contributed by atoms with Crippen LogP contribution in [0.15, 0.2) is 91.0 Å². The summed E-state index contributed by atoms with van der Waals surface area (Å²) in [6.07, 6.45) is 8.46. The van der Waals surface area contributed by atoms with Gasteiger partial charge in [0.15, 0.2) is 0 Å². The van der Waals surface area contributed by atoms with Crippen molar-refractivity contribution in [2.45, 2.75) is 31.6 Å². The van der Waals surface area contributed by atoms with E-state index < -0.39 is 0 Å². The number of nitrogens with zero attached hydrogens (tertiary/aromatic N) is 3. The Morgan fingerprint density at radius 3 is 2.48 bits per heavy atom. The first-order chi connectivity index (χ1) is 19.8. The van der Waals surface area contributed by atoms with Crippen molar-refractivity contribution in [3.05, 3.63) is 124 Å². The van der Waals surface area contributed by atoms with E-state index in [1.807, 2.05) is 24.3 Å². The molecule has 0 N–H and O–H groups in total. The molecule has 4 aromatic carbocycles. The molecule has 190 valence electrons. The predicted octanol–water partition coefficient (Wildman–Crippen LogP) is 9.09. The third-order valence-electron chi connectivity index (χ3n) is 8.43. The monoisotopic (exact) mass is 531 g/mol. The molecule has 40 heavy (non-hydrogen) atoms. The average molecular weight is 532 g/mol. The second kappa shape index (κ2) is 9.26. The fourth-order valence-corrected chi connectivity index (χ4v) is 7.56. The van der Waals surface area contributed by atoms with E-state index in [9.17, 15) is 5.26 Å². The second-order valence-electron chi connectivity index (χ2n) is 10.7. The quantitative estimate of drug-likeness (QED) is 0.224. The van der Waals surface area contributed by atoms with Gasteiger partial charge in [0.2, 0.25) is 0 Å². The summed E-state index contributed by atoms with van der Waals surface area (Å²) in [5.74, 6) is 0.101. The summed E-state index contributed by atoms with van der Waals surface area (Å²) in [4.78, 5) is 13.1. The summed E-state index contributed by atoms with van der Waals surface area (Å²) in [6, 6.07) is 32.3. The van der Waals surface area contributed by atoms with Gasteiger partial charge in [0.05, 0.1) is 23.0 Å². The molecule has 0 bridgehead atoms. The Kier molecular flexibility index (Phi) is 5.40. The van der Waals surface area contributed by atoms with Crippen LogP contribution in [0.1, 0.15) is 51.6 Å². The fourth-order valence-electron chi connectivity index (χ4n) is 6.47. The zero-order valence-electron chi connectivity index (χ0n) is 21.9. The summed E-state index contributed by atoms with van der Waals surface area (Å²) in [6.45, 7) is 0. The molecule has 6 aromatic rings. The van der Waals surface area contributed by atoms with Crippen LogP contribution in [0.2, 0.25) is 0 Å². The number of nitriles is 1. The SMILES string of the molecule is N#Cc1ccc(-c2nc3sc4c(c3nc2[C@@H]2CCc3cc5ccccc5cc3-c3ccccc32)CCC=C4)cc1. The minimum Gasteiger partial charge on any atom is -0.247 e. The molecule has 3 nitrogen and oxygen atoms in total. The molecule has 0 spiro atoms. The predicted molar refractivity (Wildman–Crippen MR) is 164 cm³/mol. The van der Waals surface area contributed by atoms with Gasteiger partial charge in [-0.1, -0.05) is 72.8 Å². The topological polar surface area (TPSA) is 49.6 Å². The van der Waals surface area contributed by atoms with Gasteiger partial charge in [0.25, 0.3) is 0 Å². The Morgan fingerprint density at radius 2 is 1.62 bits per heavy atom. The third-order valence-corrected chi connectivity index (χ3v) is 9.51. The van der Waals surface area contributed by atoms with Crippen LogP contribution in [0.25, 0.3) is 49.6 Å². The molecule has 1 atom stereocenters. The Hall–Kier alpha value is -4.59. The largest absolute Gasteiger partial charge is 0.247 e. The molecular weight excluding hydrogens is 506 g/mol. The molecule has 2 heterocycles. The van der Waals surface area contributed by atoms with Gasteiger partial charge < -0.3 is 0 Å². The Balaban J connectivity index is 1.37. The maximum atomic E-state index is 9.41. The van der Waals surface area contributed by atoms with E-state index in [4.69, 9.17) is 9.97 Å². The van der Waals surface area contributed by atoms with Crippen LogP contribution in [-0.4, -0.2) is 9.97 Å². The summed E-state index contributed by atoms with van der Waals surface area (Å²) in [5, 5.41) is 12.0. The van der Waals surface area contributed by atoms with Gasteiger partial charge >= 0.3 is 0 Å². The average Bonchev–Trinajstić information content (AvgIpc) is 3.30. The van der Waals surface area contributed by atoms with Crippen LogP contribution in [0.4, 0.5) is 0 Å². The number of hydrogen-bond donors (Lipinski definition) is 0. The van der Waals surface area contributed by atoms with Crippen LogP contribution >= 0.6 is 11.3 Å². The second-order valence-corrected chi connectivity index (χ2v) is 11.8. The van der Waals surface area contributed by atoms with Gasteiger partial charge in [-0.2, -0.15) is 5.26 Å². The third kappa shape index (κ3) is 3.70. The van der Waals surface area contributed by atoms with E-state index in [0.29, 0.717) is 5.56 Å². The summed E-state index contributed by atoms with van der Waals surface area (Å²) < 4.78 is 0. The first kappa shape index (κ1) is 23.3. The molecule has 0 aliphatic heterocycles. The highest BCUT2D eigenvalue weighted by molar-refractivity contribution is 7.19. The zero-order chi connectivity index (χ0) is 26.6. The smallest absolute Gasteiger partial charge is 0.143 e. The lowest BCUT2D eigenvalue weighted by molar-refractivity contribution is 0.707. The fraction of sp³-hybridized carbons (Fsp3) is 0.139. The first-order valence-electron chi connectivity index (χ1n) is 13.9. The van der Waals surface area contributed by atoms with Crippen LogP contribution in [0.3, 0.4) is 0 Å². The zero-order valence-corrected chi connectivity index (χ0v) is 22.7. The molecule has 0 saturated heterocycles. The van der Waals surface area contributed by atoms with E-state index in [0.717, 1.165) is 53.0 Å². The molecule has 4 heteroatoms. The summed E-state index contributed by atoms with van der Waals surface area (Å²) in [7, 11) is 0. The van der Waals surface area contributed by atoms with Crippen LogP contribution in [0.5, 0.6) is 0 Å². The Labute approximate surface area is 237 Å². The Morgan fingerprint density at radius 1 is 0.825 bits per heavy atom. The lowest BCUT2D eigenvalue weighted by atomic mass is 9.86. The van der Waals surface area contributed by atoms with E-state index in [1.54, 1.807) is 11.3 Å². The van der Waals surface area contributed by atoms with Crippen molar-refractivity contribution in [2.24, 2.45) is 0 Å². The van der Waals surface area contributed by atoms with Gasteiger partial charge in [-0.3, -0.25) is 0 Å². The van der Waals surface area contributed by atoms with E-state index in [-0.39, 0.29) is 5.92 Å². The minimum atomic E-state index is 0.101. The summed E-state index contributed by atoms with van der Waals surface area (Å²) >= 11 is 1.74. The lowest BCUT2D eigenvalue weighted by Gasteiger charge is -2.20. The molecule has 0 fully saturated rings. The van der Waals surface area contributed by atoms with Crippen molar-refractivity contribution in [1.82, 2.24) is 9.97 Å². The van der Waals surface area contributed by atoms with Crippen molar-refractivity contribution >= 4 is 38.5 Å². The van der Waals surface area contributed by atoms with Gasteiger partial charge in [0, 0.05) is 16.4 Å². The van der Waals surface area contributed by atoms with Gasteiger partial charge in [-0.05, 0) is 88.5 Å². The van der Waals surface area contributed by atoms with Crippen molar-refractivity contribution in [1.29, 1.82) is 5.26 Å². The van der Waals surface area contributed by atoms with E-state index in [1.165, 1.54) is 43.5 Å². The molecular formula is C36H25N3S. The maximum absolute atomic E-state index is 9.41. The number of benzene rings is 4. The van der Waals surface area contributed by atoms with E-state index in [2.05, 4.69) is 78.9 Å². The van der Waals surface area contributed by atoms with Crippen molar-refractivity contribution < 1.29 is 0 Å². The maximum Gasteiger partial charge on any atom is 0.143 e. The molecule has 2 aromatic heterocycles. The molecule has 2 aliphatic carbocycles. The highest BCUT2D eigenvalue weighted by Gasteiger charge is 2.29. The minimum absolute atomic E-state index is 0.101. The summed E-state index contributed by atoms with van der Waals surface area (Å²) in [5.41, 5.74) is 11.3. The van der Waals surface area contributed by atoms with Crippen molar-refractivity contribution in [2.75, 3.05) is 0 Å². The number of thiophene rings is 1. The number of rotatable bonds is 2. The number of fused-ring (bicyclic) bond motifs is 7. The van der Waals surface area contributed by atoms with E-state index >= 15 is 0 Å². The van der Waals surface area contributed by atoms with Gasteiger partial charge in [-0.25, -0.2) is 9.97 Å². The Bertz CT molecular complexity index is 2020. The molecule has 2 aliphatic rings. The molecule has 0 saturated carbocycles. The number of aromatic nitrogens is 2. The molecule has 0 unspecified atom stereocenters. The van der Waals surface area contributed by atoms with Crippen LogP contribution in [0, 0.1) is 11.3 Å². The highest BCUT2D eigenvalue weighted by atomic mass is 32.1. The molecule has 0 amide bonds. The first-order valence-corrected chi connectivity index (χ1v) is 14.7. The normalized spacial score (nSPS) is 15.7. The van der Waals surface area contributed by atoms with Gasteiger partial charge in [-0.15, -0.1) is 11.3 Å².